The highest BCUT2D eigenvalue weighted by Gasteiger charge is 2.33. The van der Waals surface area contributed by atoms with E-state index < -0.39 is 16.9 Å². The van der Waals surface area contributed by atoms with Gasteiger partial charge < -0.3 is 9.47 Å². The molecule has 9 nitrogen and oxygen atoms in total. The van der Waals surface area contributed by atoms with Crippen LogP contribution < -0.4 is 19.6 Å². The summed E-state index contributed by atoms with van der Waals surface area (Å²) in [5.74, 6) is -0.407. The molecule has 0 saturated heterocycles. The first-order chi connectivity index (χ1) is 17.8. The van der Waals surface area contributed by atoms with Gasteiger partial charge in [-0.1, -0.05) is 55.5 Å². The number of hydrogen-bond donors (Lipinski definition) is 0. The summed E-state index contributed by atoms with van der Waals surface area (Å²) < 4.78 is 12.9. The highest BCUT2D eigenvalue weighted by atomic mass is 79.9. The standard InChI is InChI=1S/C26H24BrN3O6S/c1-4-11-36-23-17(27)12-15(13-19(23)30(33)34)14-20-24(31)29-22(16-9-7-6-8-10-16)21(25(32)35-3)18(5-2)28-26(29)37-20/h6-10,12-14,22H,4-5,11H2,1-3H3/b20-14+/t22-/m0/s1. The lowest BCUT2D eigenvalue weighted by Gasteiger charge is -2.25. The number of aromatic nitrogens is 1. The molecule has 1 aromatic heterocycles. The van der Waals surface area contributed by atoms with E-state index in [1.54, 1.807) is 12.1 Å². The Morgan fingerprint density at radius 3 is 2.62 bits per heavy atom. The van der Waals surface area contributed by atoms with Crippen LogP contribution in [-0.4, -0.2) is 29.2 Å². The van der Waals surface area contributed by atoms with E-state index in [2.05, 4.69) is 20.9 Å². The smallest absolute Gasteiger partial charge is 0.338 e. The Kier molecular flexibility index (Phi) is 8.03. The molecule has 0 amide bonds. The Balaban J connectivity index is 1.94. The zero-order valence-corrected chi connectivity index (χ0v) is 22.8. The van der Waals surface area contributed by atoms with Crippen molar-refractivity contribution < 1.29 is 19.2 Å². The molecule has 0 radical (unpaired) electrons. The lowest BCUT2D eigenvalue weighted by molar-refractivity contribution is -0.386. The van der Waals surface area contributed by atoms with Crippen LogP contribution in [0.3, 0.4) is 0 Å². The summed E-state index contributed by atoms with van der Waals surface area (Å²) in [7, 11) is 1.30. The largest absolute Gasteiger partial charge is 0.486 e. The second-order valence-electron chi connectivity index (χ2n) is 8.16. The van der Waals surface area contributed by atoms with E-state index in [1.807, 2.05) is 44.2 Å². The van der Waals surface area contributed by atoms with E-state index in [4.69, 9.17) is 9.47 Å². The van der Waals surface area contributed by atoms with Crippen molar-refractivity contribution in [3.63, 3.8) is 0 Å². The number of methoxy groups -OCH3 is 1. The van der Waals surface area contributed by atoms with Gasteiger partial charge in [0.25, 0.3) is 5.56 Å². The number of carbonyl (C=O) groups is 1. The van der Waals surface area contributed by atoms with E-state index in [1.165, 1.54) is 17.7 Å². The number of ether oxygens (including phenoxy) is 2. The zero-order chi connectivity index (χ0) is 26.7. The third-order valence-electron chi connectivity index (χ3n) is 5.76. The minimum atomic E-state index is -0.715. The summed E-state index contributed by atoms with van der Waals surface area (Å²) in [5.41, 5.74) is 1.49. The molecule has 0 bridgehead atoms. The van der Waals surface area contributed by atoms with Gasteiger partial charge in [-0.2, -0.15) is 0 Å². The molecular weight excluding hydrogens is 562 g/mol. The van der Waals surface area contributed by atoms with Gasteiger partial charge in [0.15, 0.2) is 4.80 Å². The predicted octanol–water partition coefficient (Wildman–Crippen LogP) is 4.26. The van der Waals surface area contributed by atoms with Crippen molar-refractivity contribution in [1.82, 2.24) is 4.57 Å². The maximum Gasteiger partial charge on any atom is 0.338 e. The van der Waals surface area contributed by atoms with Crippen molar-refractivity contribution in [3.05, 3.63) is 99.1 Å². The van der Waals surface area contributed by atoms with Crippen molar-refractivity contribution in [3.8, 4) is 5.75 Å². The molecule has 2 heterocycles. The number of esters is 1. The molecular formula is C26H24BrN3O6S. The first-order valence-electron chi connectivity index (χ1n) is 11.6. The second kappa shape index (κ2) is 11.2. The van der Waals surface area contributed by atoms with Gasteiger partial charge in [-0.3, -0.25) is 19.5 Å². The summed E-state index contributed by atoms with van der Waals surface area (Å²) in [6.45, 7) is 4.13. The van der Waals surface area contributed by atoms with E-state index in [-0.39, 0.29) is 17.0 Å². The van der Waals surface area contributed by atoms with E-state index in [9.17, 15) is 19.7 Å². The lowest BCUT2D eigenvalue weighted by atomic mass is 9.95. The van der Waals surface area contributed by atoms with Crippen LogP contribution in [0.15, 0.2) is 68.0 Å². The summed E-state index contributed by atoms with van der Waals surface area (Å²) in [6, 6.07) is 11.6. The normalized spacial score (nSPS) is 15.2. The third-order valence-corrected chi connectivity index (χ3v) is 7.33. The van der Waals surface area contributed by atoms with Gasteiger partial charge in [-0.05, 0) is 52.0 Å². The Morgan fingerprint density at radius 2 is 2.00 bits per heavy atom. The molecule has 192 valence electrons. The monoisotopic (exact) mass is 585 g/mol. The number of nitrogens with zero attached hydrogens (tertiary/aromatic N) is 3. The molecule has 2 aromatic carbocycles. The molecule has 0 aliphatic carbocycles. The molecule has 1 aliphatic heterocycles. The summed E-state index contributed by atoms with van der Waals surface area (Å²) in [5, 5.41) is 11.7. The maximum absolute atomic E-state index is 13.7. The van der Waals surface area contributed by atoms with Crippen molar-refractivity contribution in [2.45, 2.75) is 32.7 Å². The maximum atomic E-state index is 13.7. The number of rotatable bonds is 8. The number of nitro groups is 1. The van der Waals surface area contributed by atoms with E-state index >= 15 is 0 Å². The number of halogens is 1. The highest BCUT2D eigenvalue weighted by Crippen LogP contribution is 2.37. The van der Waals surface area contributed by atoms with Gasteiger partial charge in [0, 0.05) is 6.07 Å². The van der Waals surface area contributed by atoms with Crippen LogP contribution >= 0.6 is 27.3 Å². The molecule has 4 rings (SSSR count). The molecule has 11 heteroatoms. The summed E-state index contributed by atoms with van der Waals surface area (Å²) >= 11 is 4.53. The van der Waals surface area contributed by atoms with Crippen LogP contribution in [0, 0.1) is 10.1 Å². The number of hydrogen-bond acceptors (Lipinski definition) is 8. The highest BCUT2D eigenvalue weighted by molar-refractivity contribution is 9.10. The minimum absolute atomic E-state index is 0.143. The fourth-order valence-corrected chi connectivity index (χ4v) is 5.73. The third kappa shape index (κ3) is 5.14. The molecule has 0 unspecified atom stereocenters. The molecule has 3 aromatic rings. The SMILES string of the molecule is CCCOc1c(Br)cc(/C=c2/sc3n(c2=O)[C@@H](c2ccccc2)C(C(=O)OC)=C(CC)N=3)cc1[N+](=O)[O-]. The van der Waals surface area contributed by atoms with Gasteiger partial charge in [0.05, 0.1) is 45.0 Å². The summed E-state index contributed by atoms with van der Waals surface area (Å²) in [4.78, 5) is 42.8. The van der Waals surface area contributed by atoms with Crippen LogP contribution in [0.4, 0.5) is 5.69 Å². The quantitative estimate of drug-likeness (QED) is 0.222. The van der Waals surface area contributed by atoms with Crippen LogP contribution in [0.2, 0.25) is 0 Å². The van der Waals surface area contributed by atoms with E-state index in [0.29, 0.717) is 50.1 Å². The zero-order valence-electron chi connectivity index (χ0n) is 20.4. The van der Waals surface area contributed by atoms with Crippen molar-refractivity contribution in [2.75, 3.05) is 13.7 Å². The van der Waals surface area contributed by atoms with E-state index in [0.717, 1.165) is 16.9 Å². The van der Waals surface area contributed by atoms with Gasteiger partial charge in [-0.25, -0.2) is 9.79 Å². The fourth-order valence-electron chi connectivity index (χ4n) is 4.13. The Bertz CT molecular complexity index is 1580. The Morgan fingerprint density at radius 1 is 1.27 bits per heavy atom. The summed E-state index contributed by atoms with van der Waals surface area (Å²) in [6.07, 6.45) is 2.75. The average Bonchev–Trinajstić information content (AvgIpc) is 3.20. The molecule has 0 spiro atoms. The molecule has 0 fully saturated rings. The number of nitro benzene ring substituents is 1. The number of allylic oxidation sites excluding steroid dienone is 1. The van der Waals surface area contributed by atoms with Crippen molar-refractivity contribution in [1.29, 1.82) is 0 Å². The van der Waals surface area contributed by atoms with Gasteiger partial charge in [0.2, 0.25) is 5.75 Å². The lowest BCUT2D eigenvalue weighted by Crippen LogP contribution is -2.40. The van der Waals surface area contributed by atoms with Gasteiger partial charge >= 0.3 is 11.7 Å². The molecule has 1 aliphatic rings. The number of carbonyl (C=O) groups excluding carboxylic acids is 1. The Labute approximate surface area is 224 Å². The van der Waals surface area contributed by atoms with Crippen molar-refractivity contribution in [2.24, 2.45) is 4.99 Å². The predicted molar refractivity (Wildman–Crippen MR) is 143 cm³/mol. The fraction of sp³-hybridized carbons (Fsp3) is 0.269. The van der Waals surface area contributed by atoms with Crippen LogP contribution in [0.1, 0.15) is 43.9 Å². The number of fused-ring (bicyclic) bond motifs is 1. The van der Waals surface area contributed by atoms with Crippen molar-refractivity contribution >= 4 is 45.0 Å². The average molecular weight is 586 g/mol. The minimum Gasteiger partial charge on any atom is -0.486 e. The molecule has 0 N–H and O–H groups in total. The Hall–Kier alpha value is -3.57. The van der Waals surface area contributed by atoms with Crippen LogP contribution in [0.5, 0.6) is 5.75 Å². The first-order valence-corrected chi connectivity index (χ1v) is 13.2. The molecule has 37 heavy (non-hydrogen) atoms. The molecule has 1 atom stereocenters. The number of thiazole rings is 1. The van der Waals surface area contributed by atoms with Crippen LogP contribution in [0.25, 0.3) is 6.08 Å². The molecule has 0 saturated carbocycles. The first kappa shape index (κ1) is 26.5. The number of benzene rings is 2. The second-order valence-corrected chi connectivity index (χ2v) is 10.0. The van der Waals surface area contributed by atoms with Gasteiger partial charge in [0.1, 0.15) is 0 Å². The topological polar surface area (TPSA) is 113 Å². The van der Waals surface area contributed by atoms with Crippen LogP contribution in [-0.2, 0) is 9.53 Å². The van der Waals surface area contributed by atoms with Gasteiger partial charge in [-0.15, -0.1) is 0 Å².